The molecule has 2 heterocycles. The van der Waals surface area contributed by atoms with Crippen LogP contribution >= 0.6 is 0 Å². The topological polar surface area (TPSA) is 192 Å². The average Bonchev–Trinajstić information content (AvgIpc) is 3.65. The summed E-state index contributed by atoms with van der Waals surface area (Å²) in [5.41, 5.74) is 2.41. The van der Waals surface area contributed by atoms with Crippen molar-refractivity contribution in [1.82, 2.24) is 0 Å². The minimum Gasteiger partial charge on any atom is -0.429 e. The van der Waals surface area contributed by atoms with Crippen LogP contribution in [-0.4, -0.2) is 48.3 Å². The summed E-state index contributed by atoms with van der Waals surface area (Å²) in [5.74, 6) is -3.86. The molecule has 7 rings (SSSR count). The SMILES string of the molecule is CC.Cc1cc(OC=O)ccc1OC(=O)c1ccc(OC(=O)c2ccc3c(c2)C(=O)OC3=O)cc1.Cc1ccc(OC(=O)c2ccc3c(c2)C(=O)OC3=O)cc1. The van der Waals surface area contributed by atoms with Crippen molar-refractivity contribution in [3.05, 3.63) is 153 Å². The number of rotatable bonds is 8. The van der Waals surface area contributed by atoms with Gasteiger partial charge in [-0.3, -0.25) is 4.79 Å². The zero-order valence-electron chi connectivity index (χ0n) is 30.1. The number of benzene rings is 5. The number of cyclic esters (lactones) is 4. The lowest BCUT2D eigenvalue weighted by molar-refractivity contribution is -0.120. The van der Waals surface area contributed by atoms with E-state index in [0.29, 0.717) is 29.3 Å². The molecule has 0 fully saturated rings. The Bertz CT molecular complexity index is 2390. The van der Waals surface area contributed by atoms with E-state index in [0.717, 1.165) is 5.56 Å². The molecule has 0 saturated carbocycles. The van der Waals surface area contributed by atoms with E-state index in [4.69, 9.17) is 18.9 Å². The van der Waals surface area contributed by atoms with Crippen molar-refractivity contribution in [3.63, 3.8) is 0 Å². The number of carbonyl (C=O) groups excluding carboxylic acids is 8. The van der Waals surface area contributed by atoms with E-state index >= 15 is 0 Å². The van der Waals surface area contributed by atoms with Gasteiger partial charge in [0, 0.05) is 0 Å². The van der Waals surface area contributed by atoms with Gasteiger partial charge in [-0.1, -0.05) is 31.5 Å². The van der Waals surface area contributed by atoms with Gasteiger partial charge in [-0.25, -0.2) is 33.6 Å². The van der Waals surface area contributed by atoms with Crippen LogP contribution in [0.1, 0.15) is 97.5 Å². The fourth-order valence-corrected chi connectivity index (χ4v) is 5.05. The molecule has 2 aliphatic heterocycles. The fraction of sp³-hybridized carbons (Fsp3) is 0.0952. The van der Waals surface area contributed by atoms with Crippen LogP contribution in [0.25, 0.3) is 0 Å². The molecule has 0 radical (unpaired) electrons. The average molecular weight is 759 g/mol. The molecule has 5 aromatic rings. The highest BCUT2D eigenvalue weighted by molar-refractivity contribution is 6.16. The molecule has 0 spiro atoms. The summed E-state index contributed by atoms with van der Waals surface area (Å²) in [5, 5.41) is 0. The summed E-state index contributed by atoms with van der Waals surface area (Å²) < 4.78 is 29.5. The third kappa shape index (κ3) is 9.06. The lowest BCUT2D eigenvalue weighted by atomic mass is 10.1. The molecule has 0 unspecified atom stereocenters. The molecule has 282 valence electrons. The highest BCUT2D eigenvalue weighted by Gasteiger charge is 2.31. The molecule has 2 aliphatic rings. The molecule has 56 heavy (non-hydrogen) atoms. The third-order valence-electron chi connectivity index (χ3n) is 7.83. The number of carbonyl (C=O) groups is 8. The molecule has 0 bridgehead atoms. The van der Waals surface area contributed by atoms with E-state index in [1.807, 2.05) is 32.9 Å². The van der Waals surface area contributed by atoms with Gasteiger partial charge in [-0.2, -0.15) is 0 Å². The molecule has 14 nitrogen and oxygen atoms in total. The standard InChI is InChI=1S/C24H14O9.C16H10O5.C2H6/c1-13-10-17(30-12-25)7-9-20(13)32-21(26)14-2-5-16(6-3-14)31-22(27)15-4-8-18-19(11-15)24(29)33-23(18)28;1-9-2-5-11(6-3-9)20-14(17)10-4-7-12-13(8-10)16(19)21-15(12)18;1-2/h2-12H,1H3;2-8H,1H3;1-2H3. The molecule has 0 N–H and O–H groups in total. The van der Waals surface area contributed by atoms with E-state index in [1.165, 1.54) is 72.8 Å². The Morgan fingerprint density at radius 2 is 0.893 bits per heavy atom. The van der Waals surface area contributed by atoms with Gasteiger partial charge in [-0.15, -0.1) is 0 Å². The third-order valence-corrected chi connectivity index (χ3v) is 7.83. The first-order valence-electron chi connectivity index (χ1n) is 16.8. The maximum atomic E-state index is 12.4. The largest absolute Gasteiger partial charge is 0.429 e. The van der Waals surface area contributed by atoms with Crippen LogP contribution in [0.2, 0.25) is 0 Å². The van der Waals surface area contributed by atoms with Crippen molar-refractivity contribution in [2.75, 3.05) is 0 Å². The summed E-state index contributed by atoms with van der Waals surface area (Å²) in [6.45, 7) is 7.92. The predicted octanol–water partition coefficient (Wildman–Crippen LogP) is 6.83. The Balaban J connectivity index is 0.000000224. The Morgan fingerprint density at radius 3 is 1.36 bits per heavy atom. The lowest BCUT2D eigenvalue weighted by Gasteiger charge is -2.09. The van der Waals surface area contributed by atoms with Crippen LogP contribution in [0.4, 0.5) is 0 Å². The molecular formula is C42H30O14. The number of ether oxygens (including phenoxy) is 6. The van der Waals surface area contributed by atoms with Crippen LogP contribution in [-0.2, 0) is 14.3 Å². The van der Waals surface area contributed by atoms with E-state index in [9.17, 15) is 38.4 Å². The van der Waals surface area contributed by atoms with Crippen molar-refractivity contribution in [2.45, 2.75) is 27.7 Å². The minimum atomic E-state index is -0.825. The van der Waals surface area contributed by atoms with Crippen LogP contribution < -0.4 is 18.9 Å². The van der Waals surface area contributed by atoms with Crippen molar-refractivity contribution >= 4 is 48.3 Å². The summed E-state index contributed by atoms with van der Waals surface area (Å²) in [4.78, 5) is 93.2. The minimum absolute atomic E-state index is 0.00593. The predicted molar refractivity (Wildman–Crippen MR) is 194 cm³/mol. The van der Waals surface area contributed by atoms with E-state index in [-0.39, 0.29) is 44.7 Å². The summed E-state index contributed by atoms with van der Waals surface area (Å²) in [7, 11) is 0. The first-order chi connectivity index (χ1) is 26.9. The second-order valence-electron chi connectivity index (χ2n) is 11.5. The lowest BCUT2D eigenvalue weighted by Crippen LogP contribution is -2.11. The van der Waals surface area contributed by atoms with Gasteiger partial charge < -0.3 is 28.4 Å². The first kappa shape index (κ1) is 39.5. The van der Waals surface area contributed by atoms with Gasteiger partial charge >= 0.3 is 41.8 Å². The van der Waals surface area contributed by atoms with E-state index in [2.05, 4.69) is 9.47 Å². The molecule has 0 amide bonds. The van der Waals surface area contributed by atoms with Gasteiger partial charge in [0.15, 0.2) is 0 Å². The number of hydrogen-bond acceptors (Lipinski definition) is 14. The molecule has 0 atom stereocenters. The smallest absolute Gasteiger partial charge is 0.346 e. The molecule has 14 heteroatoms. The fourth-order valence-electron chi connectivity index (χ4n) is 5.05. The number of fused-ring (bicyclic) bond motifs is 2. The maximum absolute atomic E-state index is 12.4. The summed E-state index contributed by atoms with van der Waals surface area (Å²) in [6.07, 6.45) is 0. The molecule has 0 aromatic heterocycles. The van der Waals surface area contributed by atoms with Gasteiger partial charge in [-0.05, 0) is 110 Å². The second kappa shape index (κ2) is 17.4. The van der Waals surface area contributed by atoms with Crippen LogP contribution in [0.3, 0.4) is 0 Å². The van der Waals surface area contributed by atoms with Gasteiger partial charge in [0.2, 0.25) is 0 Å². The Morgan fingerprint density at radius 1 is 0.482 bits per heavy atom. The molecular weight excluding hydrogens is 728 g/mol. The first-order valence-corrected chi connectivity index (χ1v) is 16.8. The van der Waals surface area contributed by atoms with Crippen molar-refractivity contribution in [2.24, 2.45) is 0 Å². The number of aryl methyl sites for hydroxylation is 2. The Labute approximate surface area is 318 Å². The maximum Gasteiger partial charge on any atom is 0.346 e. The van der Waals surface area contributed by atoms with Crippen molar-refractivity contribution in [1.29, 1.82) is 0 Å². The van der Waals surface area contributed by atoms with Crippen molar-refractivity contribution in [3.8, 4) is 23.0 Å². The Hall–Kier alpha value is -7.74. The molecule has 0 saturated heterocycles. The van der Waals surface area contributed by atoms with Crippen molar-refractivity contribution < 1.29 is 66.8 Å². The zero-order valence-corrected chi connectivity index (χ0v) is 30.1. The Kier molecular flexibility index (Phi) is 12.3. The highest BCUT2D eigenvalue weighted by atomic mass is 16.6. The number of hydrogen-bond donors (Lipinski definition) is 0. The number of esters is 7. The summed E-state index contributed by atoms with van der Waals surface area (Å²) >= 11 is 0. The highest BCUT2D eigenvalue weighted by Crippen LogP contribution is 2.26. The normalized spacial score (nSPS) is 11.9. The van der Waals surface area contributed by atoms with E-state index < -0.39 is 41.8 Å². The molecule has 0 aliphatic carbocycles. The van der Waals surface area contributed by atoms with Gasteiger partial charge in [0.25, 0.3) is 6.47 Å². The molecule has 5 aromatic carbocycles. The van der Waals surface area contributed by atoms with Crippen LogP contribution in [0.15, 0.2) is 103 Å². The van der Waals surface area contributed by atoms with Gasteiger partial charge in [0.1, 0.15) is 23.0 Å². The quantitative estimate of drug-likeness (QED) is 0.0692. The summed E-state index contributed by atoms with van der Waals surface area (Å²) in [6, 6.07) is 25.2. The van der Waals surface area contributed by atoms with Crippen LogP contribution in [0.5, 0.6) is 23.0 Å². The van der Waals surface area contributed by atoms with E-state index in [1.54, 1.807) is 25.1 Å². The second-order valence-corrected chi connectivity index (χ2v) is 11.5. The van der Waals surface area contributed by atoms with Crippen LogP contribution in [0, 0.1) is 13.8 Å². The van der Waals surface area contributed by atoms with Gasteiger partial charge in [0.05, 0.1) is 38.9 Å². The zero-order chi connectivity index (χ0) is 40.5. The monoisotopic (exact) mass is 758 g/mol.